The van der Waals surface area contributed by atoms with Crippen molar-refractivity contribution in [3.05, 3.63) is 61.3 Å². The molecule has 2 rings (SSSR count). The summed E-state index contributed by atoms with van der Waals surface area (Å²) in [6.07, 6.45) is 1.28. The summed E-state index contributed by atoms with van der Waals surface area (Å²) in [6, 6.07) is 5.16. The van der Waals surface area contributed by atoms with Crippen molar-refractivity contribution in [2.45, 2.75) is 18.4 Å². The second-order valence-corrected chi connectivity index (χ2v) is 7.66. The fourth-order valence-electron chi connectivity index (χ4n) is 2.06. The zero-order chi connectivity index (χ0) is 19.3. The molecule has 9 nitrogen and oxygen atoms in total. The number of hydrogen-bond acceptors (Lipinski definition) is 6. The molecule has 0 aliphatic carbocycles. The first-order chi connectivity index (χ1) is 12.2. The lowest BCUT2D eigenvalue weighted by Gasteiger charge is -2.10. The molecule has 0 aliphatic rings. The van der Waals surface area contributed by atoms with E-state index in [1.807, 2.05) is 0 Å². The Morgan fingerprint density at radius 3 is 2.65 bits per heavy atom. The standard InChI is InChI=1S/C15H16BrN3O6S/c1-2-25-14(21)10-3-4-12(11(16)9-10)26(23,24)17-6-8-19-7-5-13(20)18-15(19)22/h3-5,7,9,17H,2,6,8H2,1H3,(H,18,20,22). The Kier molecular flexibility index (Phi) is 6.51. The lowest BCUT2D eigenvalue weighted by Crippen LogP contribution is -2.34. The summed E-state index contributed by atoms with van der Waals surface area (Å²) < 4.78 is 33.4. The summed E-state index contributed by atoms with van der Waals surface area (Å²) in [5, 5.41) is 0. The molecule has 11 heteroatoms. The predicted octanol–water partition coefficient (Wildman–Crippen LogP) is 0.454. The minimum Gasteiger partial charge on any atom is -0.462 e. The largest absolute Gasteiger partial charge is 0.462 e. The molecule has 1 aromatic carbocycles. The number of aromatic nitrogens is 2. The molecule has 0 aliphatic heterocycles. The second-order valence-electron chi connectivity index (χ2n) is 5.07. The average Bonchev–Trinajstić information content (AvgIpc) is 2.56. The maximum atomic E-state index is 12.4. The predicted molar refractivity (Wildman–Crippen MR) is 96.6 cm³/mol. The van der Waals surface area contributed by atoms with Crippen molar-refractivity contribution in [1.82, 2.24) is 14.3 Å². The quantitative estimate of drug-likeness (QED) is 0.595. The number of H-pyrrole nitrogens is 1. The van der Waals surface area contributed by atoms with Crippen LogP contribution in [0.2, 0.25) is 0 Å². The summed E-state index contributed by atoms with van der Waals surface area (Å²) in [5.41, 5.74) is -0.938. The molecule has 26 heavy (non-hydrogen) atoms. The summed E-state index contributed by atoms with van der Waals surface area (Å²) in [7, 11) is -3.87. The highest BCUT2D eigenvalue weighted by Gasteiger charge is 2.19. The monoisotopic (exact) mass is 445 g/mol. The SMILES string of the molecule is CCOC(=O)c1ccc(S(=O)(=O)NCCn2ccc(=O)[nH]c2=O)c(Br)c1. The number of carbonyl (C=O) groups is 1. The summed E-state index contributed by atoms with van der Waals surface area (Å²) in [4.78, 5) is 36.2. The van der Waals surface area contributed by atoms with Gasteiger partial charge in [0.15, 0.2) is 0 Å². The Hall–Kier alpha value is -2.24. The van der Waals surface area contributed by atoms with Crippen molar-refractivity contribution >= 4 is 31.9 Å². The molecule has 0 atom stereocenters. The Bertz CT molecular complexity index is 1030. The van der Waals surface area contributed by atoms with E-state index in [2.05, 4.69) is 25.6 Å². The van der Waals surface area contributed by atoms with Gasteiger partial charge in [-0.2, -0.15) is 0 Å². The Morgan fingerprint density at radius 2 is 2.04 bits per heavy atom. The highest BCUT2D eigenvalue weighted by Crippen LogP contribution is 2.23. The van der Waals surface area contributed by atoms with Crippen LogP contribution in [0.5, 0.6) is 0 Å². The topological polar surface area (TPSA) is 127 Å². The zero-order valence-electron chi connectivity index (χ0n) is 13.7. The highest BCUT2D eigenvalue weighted by atomic mass is 79.9. The number of nitrogens with zero attached hydrogens (tertiary/aromatic N) is 1. The van der Waals surface area contributed by atoms with Crippen molar-refractivity contribution in [3.63, 3.8) is 0 Å². The Labute approximate surface area is 157 Å². The fourth-order valence-corrected chi connectivity index (χ4v) is 4.16. The van der Waals surface area contributed by atoms with Gasteiger partial charge in [-0.05, 0) is 41.1 Å². The van der Waals surface area contributed by atoms with Crippen LogP contribution in [0.25, 0.3) is 0 Å². The van der Waals surface area contributed by atoms with Gasteiger partial charge in [-0.1, -0.05) is 0 Å². The van der Waals surface area contributed by atoms with Gasteiger partial charge in [-0.25, -0.2) is 22.7 Å². The summed E-state index contributed by atoms with van der Waals surface area (Å²) in [5.74, 6) is -0.553. The maximum absolute atomic E-state index is 12.4. The molecular formula is C15H16BrN3O6S. The van der Waals surface area contributed by atoms with E-state index in [-0.39, 0.29) is 34.6 Å². The van der Waals surface area contributed by atoms with Gasteiger partial charge >= 0.3 is 11.7 Å². The number of ether oxygens (including phenoxy) is 1. The van der Waals surface area contributed by atoms with Gasteiger partial charge in [-0.15, -0.1) is 0 Å². The normalized spacial score (nSPS) is 11.3. The number of carbonyl (C=O) groups excluding carboxylic acids is 1. The first-order valence-electron chi connectivity index (χ1n) is 7.50. The minimum atomic E-state index is -3.87. The lowest BCUT2D eigenvalue weighted by atomic mass is 10.2. The molecule has 0 amide bonds. The molecule has 2 aromatic rings. The van der Waals surface area contributed by atoms with E-state index in [4.69, 9.17) is 4.74 Å². The van der Waals surface area contributed by atoms with Crippen LogP contribution in [-0.4, -0.2) is 37.1 Å². The van der Waals surface area contributed by atoms with Crippen molar-refractivity contribution in [2.75, 3.05) is 13.2 Å². The van der Waals surface area contributed by atoms with Crippen molar-refractivity contribution in [2.24, 2.45) is 0 Å². The number of halogens is 1. The van der Waals surface area contributed by atoms with E-state index in [0.29, 0.717) is 0 Å². The summed E-state index contributed by atoms with van der Waals surface area (Å²) >= 11 is 3.14. The molecule has 0 saturated carbocycles. The molecule has 0 bridgehead atoms. The first kappa shape index (κ1) is 20.1. The molecule has 2 N–H and O–H groups in total. The van der Waals surface area contributed by atoms with Crippen LogP contribution in [0, 0.1) is 0 Å². The molecular weight excluding hydrogens is 430 g/mol. The smallest absolute Gasteiger partial charge is 0.338 e. The van der Waals surface area contributed by atoms with Crippen LogP contribution in [0.1, 0.15) is 17.3 Å². The first-order valence-corrected chi connectivity index (χ1v) is 9.78. The summed E-state index contributed by atoms with van der Waals surface area (Å²) in [6.45, 7) is 1.85. The van der Waals surface area contributed by atoms with Gasteiger partial charge in [0.2, 0.25) is 10.0 Å². The van der Waals surface area contributed by atoms with Gasteiger partial charge in [0.1, 0.15) is 0 Å². The third-order valence-electron chi connectivity index (χ3n) is 3.27. The molecule has 0 fully saturated rings. The van der Waals surface area contributed by atoms with Gasteiger partial charge in [0, 0.05) is 29.8 Å². The van der Waals surface area contributed by atoms with Crippen LogP contribution >= 0.6 is 15.9 Å². The number of esters is 1. The van der Waals surface area contributed by atoms with Gasteiger partial charge in [-0.3, -0.25) is 14.3 Å². The van der Waals surface area contributed by atoms with Crippen LogP contribution in [0.4, 0.5) is 0 Å². The molecule has 1 heterocycles. The van der Waals surface area contributed by atoms with Crippen molar-refractivity contribution in [1.29, 1.82) is 0 Å². The van der Waals surface area contributed by atoms with E-state index >= 15 is 0 Å². The minimum absolute atomic E-state index is 0.0351. The second kappa shape index (κ2) is 8.43. The Balaban J connectivity index is 2.11. The van der Waals surface area contributed by atoms with Crippen molar-refractivity contribution in [3.8, 4) is 0 Å². The average molecular weight is 446 g/mol. The van der Waals surface area contributed by atoms with Crippen LogP contribution < -0.4 is 16.0 Å². The number of aromatic amines is 1. The molecule has 1 aromatic heterocycles. The maximum Gasteiger partial charge on any atom is 0.338 e. The van der Waals surface area contributed by atoms with Gasteiger partial charge in [0.25, 0.3) is 5.56 Å². The third-order valence-corrected chi connectivity index (χ3v) is 5.71. The zero-order valence-corrected chi connectivity index (χ0v) is 16.1. The lowest BCUT2D eigenvalue weighted by molar-refractivity contribution is 0.0526. The van der Waals surface area contributed by atoms with Crippen LogP contribution in [0.3, 0.4) is 0 Å². The number of hydrogen-bond donors (Lipinski definition) is 2. The fraction of sp³-hybridized carbons (Fsp3) is 0.267. The number of sulfonamides is 1. The van der Waals surface area contributed by atoms with Crippen molar-refractivity contribution < 1.29 is 17.9 Å². The molecule has 140 valence electrons. The number of nitrogens with one attached hydrogen (secondary N) is 2. The van der Waals surface area contributed by atoms with Gasteiger partial charge in [0.05, 0.1) is 17.1 Å². The van der Waals surface area contributed by atoms with E-state index in [0.717, 1.165) is 0 Å². The van der Waals surface area contributed by atoms with Crippen LogP contribution in [-0.2, 0) is 21.3 Å². The van der Waals surface area contributed by atoms with E-state index < -0.39 is 27.2 Å². The van der Waals surface area contributed by atoms with E-state index in [9.17, 15) is 22.8 Å². The molecule has 0 unspecified atom stereocenters. The van der Waals surface area contributed by atoms with E-state index in [1.165, 1.54) is 35.0 Å². The molecule has 0 spiro atoms. The van der Waals surface area contributed by atoms with Crippen LogP contribution in [0.15, 0.2) is 49.4 Å². The van der Waals surface area contributed by atoms with Gasteiger partial charge < -0.3 is 4.74 Å². The molecule has 0 saturated heterocycles. The Morgan fingerprint density at radius 1 is 1.31 bits per heavy atom. The highest BCUT2D eigenvalue weighted by molar-refractivity contribution is 9.10. The third kappa shape index (κ3) is 4.90. The number of benzene rings is 1. The number of rotatable bonds is 7. The van der Waals surface area contributed by atoms with E-state index in [1.54, 1.807) is 6.92 Å². The molecule has 0 radical (unpaired) electrons.